The number of hydrogen-bond donors (Lipinski definition) is 0. The molecule has 0 aromatic rings. The zero-order valence-electron chi connectivity index (χ0n) is 7.82. The second-order valence-electron chi connectivity index (χ2n) is 3.60. The Hall–Kier alpha value is 1.00. The van der Waals surface area contributed by atoms with E-state index in [4.69, 9.17) is 0 Å². The van der Waals surface area contributed by atoms with E-state index < -0.39 is 0 Å². The predicted octanol–water partition coefficient (Wildman–Crippen LogP) is 3.32. The van der Waals surface area contributed by atoms with Gasteiger partial charge in [-0.15, -0.1) is 0 Å². The molecule has 0 aliphatic carbocycles. The van der Waals surface area contributed by atoms with Crippen LogP contribution in [0.3, 0.4) is 0 Å². The van der Waals surface area contributed by atoms with Crippen LogP contribution in [-0.4, -0.2) is 27.9 Å². The first-order valence-corrected chi connectivity index (χ1v) is 5.92. The van der Waals surface area contributed by atoms with Gasteiger partial charge in [0.1, 0.15) is 0 Å². The molecule has 0 aliphatic heterocycles. The van der Waals surface area contributed by atoms with E-state index in [1.165, 1.54) is 66.5 Å². The first kappa shape index (κ1) is 11.0. The third-order valence-corrected chi connectivity index (χ3v) is 2.46. The summed E-state index contributed by atoms with van der Waals surface area (Å²) in [7, 11) is 0. The number of unbranched alkanes of at least 4 members (excludes halogenated alkanes) is 4. The van der Waals surface area contributed by atoms with Crippen molar-refractivity contribution in [3.63, 3.8) is 0 Å². The molecule has 0 radical (unpaired) electrons. The van der Waals surface area contributed by atoms with Crippen molar-refractivity contribution >= 4 is 27.9 Å². The monoisotopic (exact) mass is 150 g/mol. The number of hydrogen-bond acceptors (Lipinski definition) is 0. The van der Waals surface area contributed by atoms with E-state index in [2.05, 4.69) is 13.8 Å². The Balaban J connectivity index is 2.77. The zero-order valence-corrected chi connectivity index (χ0v) is 9.82. The van der Waals surface area contributed by atoms with Gasteiger partial charge in [-0.25, -0.2) is 0 Å². The van der Waals surface area contributed by atoms with Crippen LogP contribution in [0.25, 0.3) is 0 Å². The van der Waals surface area contributed by atoms with E-state index in [0.717, 1.165) is 3.17 Å². The molecule has 56 valence electrons. The van der Waals surface area contributed by atoms with Gasteiger partial charge in [0, 0.05) is 0 Å². The summed E-state index contributed by atoms with van der Waals surface area (Å²) in [6.07, 6.45) is 8.71. The topological polar surface area (TPSA) is 0 Å². The fraction of sp³-hybridized carbons (Fsp3) is 1.00. The molecular formula is C9H19Na. The summed E-state index contributed by atoms with van der Waals surface area (Å²) in [5, 5.41) is 0. The maximum absolute atomic E-state index is 2.37. The molecule has 0 aromatic carbocycles. The van der Waals surface area contributed by atoms with Crippen LogP contribution in [0.5, 0.6) is 0 Å². The van der Waals surface area contributed by atoms with Crippen LogP contribution >= 0.6 is 0 Å². The van der Waals surface area contributed by atoms with Crippen molar-refractivity contribution < 1.29 is 0 Å². The molecular weight excluding hydrogens is 131 g/mol. The van der Waals surface area contributed by atoms with Crippen molar-refractivity contribution in [2.75, 3.05) is 0 Å². The van der Waals surface area contributed by atoms with E-state index in [0.29, 0.717) is 0 Å². The Bertz CT molecular complexity index is 59.7. The van der Waals surface area contributed by atoms with Gasteiger partial charge in [-0.1, -0.05) is 0 Å². The summed E-state index contributed by atoms with van der Waals surface area (Å²) in [5.74, 6) is 0. The Morgan fingerprint density at radius 2 is 1.70 bits per heavy atom. The average molecular weight is 150 g/mol. The summed E-state index contributed by atoms with van der Waals surface area (Å²) >= 11 is 1.39. The molecule has 0 fully saturated rings. The van der Waals surface area contributed by atoms with Crippen molar-refractivity contribution in [2.24, 2.45) is 0 Å². The van der Waals surface area contributed by atoms with Crippen LogP contribution in [0, 0.1) is 0 Å². The van der Waals surface area contributed by atoms with Gasteiger partial charge in [0.05, 0.1) is 0 Å². The third kappa shape index (κ3) is 9.00. The van der Waals surface area contributed by atoms with E-state index in [-0.39, 0.29) is 0 Å². The second-order valence-corrected chi connectivity index (χ2v) is 5.57. The molecule has 1 unspecified atom stereocenters. The minimum atomic E-state index is 1.04. The third-order valence-electron chi connectivity index (χ3n) is 1.89. The molecule has 0 aromatic heterocycles. The van der Waals surface area contributed by atoms with Gasteiger partial charge < -0.3 is 0 Å². The van der Waals surface area contributed by atoms with Gasteiger partial charge >= 0.3 is 83.5 Å². The maximum atomic E-state index is 2.37. The van der Waals surface area contributed by atoms with Crippen LogP contribution in [0.1, 0.15) is 52.4 Å². The molecule has 0 rings (SSSR count). The predicted molar refractivity (Wildman–Crippen MR) is 48.6 cm³/mol. The molecule has 10 heavy (non-hydrogen) atoms. The molecule has 0 heterocycles. The summed E-state index contributed by atoms with van der Waals surface area (Å²) in [5.41, 5.74) is 0. The van der Waals surface area contributed by atoms with Gasteiger partial charge in [0.2, 0.25) is 0 Å². The van der Waals surface area contributed by atoms with E-state index in [9.17, 15) is 0 Å². The Kier molecular flexibility index (Phi) is 8.91. The van der Waals surface area contributed by atoms with Crippen LogP contribution in [0.15, 0.2) is 0 Å². The molecule has 0 amide bonds. The fourth-order valence-corrected chi connectivity index (χ4v) is 1.56. The van der Waals surface area contributed by atoms with E-state index in [1.54, 1.807) is 0 Å². The van der Waals surface area contributed by atoms with Gasteiger partial charge in [0.25, 0.3) is 0 Å². The summed E-state index contributed by atoms with van der Waals surface area (Å²) in [6, 6.07) is 0. The molecule has 1 heteroatoms. The molecule has 0 saturated heterocycles. The number of rotatable bonds is 6. The first-order valence-electron chi connectivity index (χ1n) is 4.77. The average Bonchev–Trinajstić information content (AvgIpc) is 1.87. The minimum absolute atomic E-state index is 1.04. The Morgan fingerprint density at radius 1 is 1.10 bits per heavy atom. The molecule has 0 spiro atoms. The van der Waals surface area contributed by atoms with Crippen LogP contribution in [-0.2, 0) is 0 Å². The molecule has 0 saturated carbocycles. The van der Waals surface area contributed by atoms with Crippen molar-refractivity contribution in [1.82, 2.24) is 0 Å². The Labute approximate surface area is 83.2 Å². The molecule has 0 N–H and O–H groups in total. The zero-order chi connectivity index (χ0) is 7.82. The summed E-state index contributed by atoms with van der Waals surface area (Å²) < 4.78 is 1.04. The van der Waals surface area contributed by atoms with Crippen LogP contribution in [0.2, 0.25) is 3.17 Å². The summed E-state index contributed by atoms with van der Waals surface area (Å²) in [4.78, 5) is 0. The Morgan fingerprint density at radius 3 is 2.20 bits per heavy atom. The van der Waals surface area contributed by atoms with Crippen LogP contribution in [0.4, 0.5) is 0 Å². The van der Waals surface area contributed by atoms with Crippen molar-refractivity contribution in [3.05, 3.63) is 0 Å². The van der Waals surface area contributed by atoms with Crippen molar-refractivity contribution in [3.8, 4) is 0 Å². The fourth-order valence-electron chi connectivity index (χ4n) is 1.16. The van der Waals surface area contributed by atoms with E-state index in [1.807, 2.05) is 0 Å². The van der Waals surface area contributed by atoms with E-state index >= 15 is 0 Å². The van der Waals surface area contributed by atoms with Gasteiger partial charge in [-0.05, 0) is 0 Å². The van der Waals surface area contributed by atoms with Gasteiger partial charge in [-0.2, -0.15) is 0 Å². The molecule has 1 atom stereocenters. The van der Waals surface area contributed by atoms with Crippen LogP contribution < -0.4 is 0 Å². The summed E-state index contributed by atoms with van der Waals surface area (Å²) in [6.45, 7) is 4.64. The molecule has 0 nitrogen and oxygen atoms in total. The molecule has 0 aliphatic rings. The quantitative estimate of drug-likeness (QED) is 0.402. The molecule has 0 bridgehead atoms. The van der Waals surface area contributed by atoms with Gasteiger partial charge in [-0.3, -0.25) is 0 Å². The second kappa shape index (κ2) is 8.10. The first-order chi connectivity index (χ1) is 4.77. The van der Waals surface area contributed by atoms with Crippen molar-refractivity contribution in [2.45, 2.75) is 55.5 Å². The van der Waals surface area contributed by atoms with Crippen molar-refractivity contribution in [1.29, 1.82) is 0 Å². The van der Waals surface area contributed by atoms with Gasteiger partial charge in [0.15, 0.2) is 0 Å². The normalized spacial score (nSPS) is 13.6. The SMILES string of the molecule is CCCCCCC[CH](C)[Na]. The standard InChI is InChI=1S/C9H19.Na/c1-3-5-7-9-8-6-4-2;/h3H,4-9H2,1-2H3;.